The quantitative estimate of drug-likeness (QED) is 0.313. The number of amides is 1. The lowest BCUT2D eigenvalue weighted by molar-refractivity contribution is 0.0827. The predicted octanol–water partition coefficient (Wildman–Crippen LogP) is 6.11. The van der Waals surface area contributed by atoms with Crippen LogP contribution < -0.4 is 0 Å². The highest BCUT2D eigenvalue weighted by Crippen LogP contribution is 2.33. The maximum Gasteiger partial charge on any atom is 0.253 e. The van der Waals surface area contributed by atoms with Gasteiger partial charge in [0, 0.05) is 67.1 Å². The van der Waals surface area contributed by atoms with E-state index in [1.54, 1.807) is 19.0 Å². The number of aromatic nitrogens is 3. The Morgan fingerprint density at radius 3 is 2.53 bits per heavy atom. The van der Waals surface area contributed by atoms with Crippen molar-refractivity contribution >= 4 is 27.8 Å². The zero-order valence-electron chi connectivity index (χ0n) is 22.7. The number of carbonyl (C=O) groups excluding carboxylic acids is 1. The first-order valence-electron chi connectivity index (χ1n) is 13.4. The number of fused-ring (bicyclic) bond motifs is 2. The second-order valence-electron chi connectivity index (χ2n) is 10.9. The maximum absolute atomic E-state index is 12.2. The summed E-state index contributed by atoms with van der Waals surface area (Å²) in [4.78, 5) is 24.6. The van der Waals surface area contributed by atoms with E-state index in [4.69, 9.17) is 4.98 Å². The van der Waals surface area contributed by atoms with Crippen molar-refractivity contribution in [3.63, 3.8) is 0 Å². The normalized spacial score (nSPS) is 14.9. The third kappa shape index (κ3) is 4.50. The standard InChI is InChI=1S/C32H35N5O/c1-21-17-26-18-25(9-10-30(26)34-21)28-11-14-33-31-29(28)19-27(36(31)4)20-37-15-12-23(13-16-37)22-5-7-24(8-6-22)32(38)35(2)3/h5-11,14,17-19,23,34H,12-13,15-16,20H2,1-4H3. The highest BCUT2D eigenvalue weighted by atomic mass is 16.2. The lowest BCUT2D eigenvalue weighted by Crippen LogP contribution is -2.33. The van der Waals surface area contributed by atoms with E-state index in [0.29, 0.717) is 5.92 Å². The Balaban J connectivity index is 1.18. The van der Waals surface area contributed by atoms with Crippen LogP contribution in [0.25, 0.3) is 33.1 Å². The molecule has 0 unspecified atom stereocenters. The molecule has 0 radical (unpaired) electrons. The second-order valence-corrected chi connectivity index (χ2v) is 10.9. The number of pyridine rings is 1. The Kier molecular flexibility index (Phi) is 6.28. The molecule has 5 aromatic rings. The summed E-state index contributed by atoms with van der Waals surface area (Å²) >= 11 is 0. The first-order chi connectivity index (χ1) is 18.4. The van der Waals surface area contributed by atoms with Gasteiger partial charge in [-0.3, -0.25) is 9.69 Å². The first kappa shape index (κ1) is 24.4. The first-order valence-corrected chi connectivity index (χ1v) is 13.4. The molecule has 0 aliphatic carbocycles. The highest BCUT2D eigenvalue weighted by Gasteiger charge is 2.22. The largest absolute Gasteiger partial charge is 0.359 e. The van der Waals surface area contributed by atoms with E-state index in [9.17, 15) is 4.79 Å². The number of aromatic amines is 1. The van der Waals surface area contributed by atoms with Crippen LogP contribution in [0.15, 0.2) is 66.9 Å². The van der Waals surface area contributed by atoms with Gasteiger partial charge < -0.3 is 14.5 Å². The smallest absolute Gasteiger partial charge is 0.253 e. The van der Waals surface area contributed by atoms with Gasteiger partial charge in [-0.05, 0) is 97.9 Å². The van der Waals surface area contributed by atoms with Crippen molar-refractivity contribution in [3.05, 3.63) is 89.4 Å². The fourth-order valence-corrected chi connectivity index (χ4v) is 5.93. The zero-order chi connectivity index (χ0) is 26.4. The Bertz CT molecular complexity index is 1620. The number of nitrogens with one attached hydrogen (secondary N) is 1. The fourth-order valence-electron chi connectivity index (χ4n) is 5.93. The number of aryl methyl sites for hydroxylation is 2. The summed E-state index contributed by atoms with van der Waals surface area (Å²) in [5.74, 6) is 0.599. The molecule has 1 aliphatic rings. The van der Waals surface area contributed by atoms with Crippen LogP contribution in [0.4, 0.5) is 0 Å². The second kappa shape index (κ2) is 9.76. The number of hydrogen-bond acceptors (Lipinski definition) is 3. The summed E-state index contributed by atoms with van der Waals surface area (Å²) in [7, 11) is 5.72. The molecule has 0 spiro atoms. The van der Waals surface area contributed by atoms with Gasteiger partial charge in [0.25, 0.3) is 5.91 Å². The molecular formula is C32H35N5O. The molecular weight excluding hydrogens is 470 g/mol. The molecule has 6 heteroatoms. The molecule has 38 heavy (non-hydrogen) atoms. The van der Waals surface area contributed by atoms with Crippen LogP contribution in [0.3, 0.4) is 0 Å². The van der Waals surface area contributed by atoms with Crippen LogP contribution in [0, 0.1) is 6.92 Å². The van der Waals surface area contributed by atoms with Crippen LogP contribution in [0.5, 0.6) is 0 Å². The molecule has 1 fully saturated rings. The third-order valence-corrected chi connectivity index (χ3v) is 8.10. The van der Waals surface area contributed by atoms with Gasteiger partial charge >= 0.3 is 0 Å². The summed E-state index contributed by atoms with van der Waals surface area (Å²) in [6, 6.07) is 21.5. The SMILES string of the molecule is Cc1cc2cc(-c3ccnc4c3cc(CN3CCC(c5ccc(C(=O)N(C)C)cc5)CC3)n4C)ccc2[nH]1. The van der Waals surface area contributed by atoms with E-state index >= 15 is 0 Å². The number of H-pyrrole nitrogens is 1. The van der Waals surface area contributed by atoms with Crippen molar-refractivity contribution in [1.29, 1.82) is 0 Å². The van der Waals surface area contributed by atoms with Gasteiger partial charge in [-0.1, -0.05) is 18.2 Å². The van der Waals surface area contributed by atoms with Crippen molar-refractivity contribution < 1.29 is 4.79 Å². The molecule has 6 nitrogen and oxygen atoms in total. The molecule has 1 N–H and O–H groups in total. The monoisotopic (exact) mass is 505 g/mol. The molecule has 3 aromatic heterocycles. The lowest BCUT2D eigenvalue weighted by Gasteiger charge is -2.32. The number of piperidine rings is 1. The van der Waals surface area contributed by atoms with E-state index in [-0.39, 0.29) is 5.91 Å². The summed E-state index contributed by atoms with van der Waals surface area (Å²) in [6.45, 7) is 5.15. The number of hydrogen-bond donors (Lipinski definition) is 1. The Labute approximate surface area is 223 Å². The van der Waals surface area contributed by atoms with E-state index in [2.05, 4.69) is 77.0 Å². The summed E-state index contributed by atoms with van der Waals surface area (Å²) in [5.41, 5.74) is 9.23. The molecule has 0 saturated carbocycles. The van der Waals surface area contributed by atoms with Crippen molar-refractivity contribution in [3.8, 4) is 11.1 Å². The Morgan fingerprint density at radius 2 is 1.79 bits per heavy atom. The molecule has 1 saturated heterocycles. The molecule has 1 amide bonds. The minimum Gasteiger partial charge on any atom is -0.359 e. The molecule has 4 heterocycles. The minimum atomic E-state index is 0.0547. The summed E-state index contributed by atoms with van der Waals surface area (Å²) in [6.07, 6.45) is 4.19. The molecule has 2 aromatic carbocycles. The number of benzene rings is 2. The molecule has 1 aliphatic heterocycles. The molecule has 0 atom stereocenters. The van der Waals surface area contributed by atoms with Gasteiger partial charge in [0.1, 0.15) is 5.65 Å². The molecule has 6 rings (SSSR count). The van der Waals surface area contributed by atoms with E-state index in [0.717, 1.165) is 43.7 Å². The van der Waals surface area contributed by atoms with E-state index in [1.807, 2.05) is 18.3 Å². The van der Waals surface area contributed by atoms with Gasteiger partial charge in [-0.25, -0.2) is 4.98 Å². The van der Waals surface area contributed by atoms with Gasteiger partial charge in [-0.2, -0.15) is 0 Å². The Morgan fingerprint density at radius 1 is 1.03 bits per heavy atom. The lowest BCUT2D eigenvalue weighted by atomic mass is 9.89. The fraction of sp³-hybridized carbons (Fsp3) is 0.312. The van der Waals surface area contributed by atoms with Crippen molar-refractivity contribution in [2.24, 2.45) is 7.05 Å². The summed E-state index contributed by atoms with van der Waals surface area (Å²) in [5, 5.41) is 2.45. The zero-order valence-corrected chi connectivity index (χ0v) is 22.7. The number of likely N-dealkylation sites (tertiary alicyclic amines) is 1. The van der Waals surface area contributed by atoms with E-state index < -0.39 is 0 Å². The van der Waals surface area contributed by atoms with Gasteiger partial charge in [0.05, 0.1) is 0 Å². The topological polar surface area (TPSA) is 57.2 Å². The average molecular weight is 506 g/mol. The maximum atomic E-state index is 12.2. The van der Waals surface area contributed by atoms with Crippen LogP contribution in [0.1, 0.15) is 46.1 Å². The van der Waals surface area contributed by atoms with Crippen LogP contribution >= 0.6 is 0 Å². The third-order valence-electron chi connectivity index (χ3n) is 8.10. The molecule has 0 bridgehead atoms. The summed E-state index contributed by atoms with van der Waals surface area (Å²) < 4.78 is 2.25. The van der Waals surface area contributed by atoms with E-state index in [1.165, 1.54) is 44.4 Å². The highest BCUT2D eigenvalue weighted by molar-refractivity contribution is 5.97. The van der Waals surface area contributed by atoms with Gasteiger partial charge in [0.2, 0.25) is 0 Å². The van der Waals surface area contributed by atoms with Crippen molar-refractivity contribution in [2.75, 3.05) is 27.2 Å². The van der Waals surface area contributed by atoms with Crippen LogP contribution in [-0.4, -0.2) is 57.4 Å². The minimum absolute atomic E-state index is 0.0547. The van der Waals surface area contributed by atoms with Gasteiger partial charge in [0.15, 0.2) is 0 Å². The Hall–Kier alpha value is -3.90. The average Bonchev–Trinajstić information content (AvgIpc) is 3.46. The van der Waals surface area contributed by atoms with Crippen molar-refractivity contribution in [1.82, 2.24) is 24.3 Å². The molecule has 194 valence electrons. The van der Waals surface area contributed by atoms with Gasteiger partial charge in [-0.15, -0.1) is 0 Å². The van der Waals surface area contributed by atoms with Crippen molar-refractivity contribution in [2.45, 2.75) is 32.2 Å². The van der Waals surface area contributed by atoms with Crippen LogP contribution in [-0.2, 0) is 13.6 Å². The number of carbonyl (C=O) groups is 1. The predicted molar refractivity (Wildman–Crippen MR) is 154 cm³/mol. The van der Waals surface area contributed by atoms with Crippen LogP contribution in [0.2, 0.25) is 0 Å². The number of nitrogens with zero attached hydrogens (tertiary/aromatic N) is 4. The number of rotatable bonds is 5.